The predicted octanol–water partition coefficient (Wildman–Crippen LogP) is 4.83. The van der Waals surface area contributed by atoms with Crippen molar-refractivity contribution in [2.24, 2.45) is 0 Å². The minimum Gasteiger partial charge on any atom is -0.483 e. The van der Waals surface area contributed by atoms with E-state index in [9.17, 15) is 9.59 Å². The summed E-state index contributed by atoms with van der Waals surface area (Å²) in [5.74, 6) is 0.650. The van der Waals surface area contributed by atoms with Crippen LogP contribution < -0.4 is 10.1 Å². The van der Waals surface area contributed by atoms with Crippen LogP contribution in [0.2, 0.25) is 0 Å². The van der Waals surface area contributed by atoms with Gasteiger partial charge in [0.05, 0.1) is 0 Å². The zero-order valence-electron chi connectivity index (χ0n) is 19.5. The van der Waals surface area contributed by atoms with E-state index in [0.29, 0.717) is 18.8 Å². The Bertz CT molecular complexity index is 863. The molecular weight excluding hydrogens is 388 g/mol. The quantitative estimate of drug-likeness (QED) is 0.526. The average molecular weight is 425 g/mol. The molecule has 31 heavy (non-hydrogen) atoms. The zero-order valence-corrected chi connectivity index (χ0v) is 19.5. The number of aryl methyl sites for hydroxylation is 1. The van der Waals surface area contributed by atoms with Crippen LogP contribution >= 0.6 is 0 Å². The van der Waals surface area contributed by atoms with Crippen molar-refractivity contribution in [1.29, 1.82) is 0 Å². The number of hydrogen-bond acceptors (Lipinski definition) is 3. The van der Waals surface area contributed by atoms with Crippen LogP contribution in [-0.2, 0) is 16.1 Å². The first-order valence-corrected chi connectivity index (χ1v) is 11.2. The van der Waals surface area contributed by atoms with Gasteiger partial charge in [-0.3, -0.25) is 9.59 Å². The highest BCUT2D eigenvalue weighted by atomic mass is 16.5. The predicted molar refractivity (Wildman–Crippen MR) is 125 cm³/mol. The third-order valence-corrected chi connectivity index (χ3v) is 5.49. The lowest BCUT2D eigenvalue weighted by molar-refractivity contribution is -0.142. The summed E-state index contributed by atoms with van der Waals surface area (Å²) in [7, 11) is 0. The molecule has 2 amide bonds. The van der Waals surface area contributed by atoms with Gasteiger partial charge < -0.3 is 15.0 Å². The maximum Gasteiger partial charge on any atom is 0.261 e. The summed E-state index contributed by atoms with van der Waals surface area (Å²) >= 11 is 0. The number of carbonyl (C=O) groups is 2. The molecule has 0 saturated heterocycles. The van der Waals surface area contributed by atoms with E-state index < -0.39 is 6.04 Å². The third-order valence-electron chi connectivity index (χ3n) is 5.49. The highest BCUT2D eigenvalue weighted by Crippen LogP contribution is 2.26. The highest BCUT2D eigenvalue weighted by molar-refractivity contribution is 5.88. The molecule has 2 aromatic rings. The summed E-state index contributed by atoms with van der Waals surface area (Å²) in [4.78, 5) is 27.5. The van der Waals surface area contributed by atoms with Crippen molar-refractivity contribution in [3.8, 4) is 5.75 Å². The SMILES string of the molecule is CCCCNC(=O)[C@@H](C)N(Cc1ccccc1C)C(=O)COc1ccccc1C(C)C. The molecule has 2 aromatic carbocycles. The van der Waals surface area contributed by atoms with Crippen molar-refractivity contribution in [3.05, 3.63) is 65.2 Å². The molecule has 0 bridgehead atoms. The van der Waals surface area contributed by atoms with Gasteiger partial charge in [-0.05, 0) is 48.9 Å². The fourth-order valence-electron chi connectivity index (χ4n) is 3.40. The fraction of sp³-hybridized carbons (Fsp3) is 0.462. The van der Waals surface area contributed by atoms with Crippen molar-refractivity contribution >= 4 is 11.8 Å². The summed E-state index contributed by atoms with van der Waals surface area (Å²) < 4.78 is 5.91. The van der Waals surface area contributed by atoms with Crippen LogP contribution in [0.5, 0.6) is 5.75 Å². The second kappa shape index (κ2) is 12.1. The second-order valence-electron chi connectivity index (χ2n) is 8.25. The highest BCUT2D eigenvalue weighted by Gasteiger charge is 2.27. The van der Waals surface area contributed by atoms with Gasteiger partial charge in [-0.15, -0.1) is 0 Å². The van der Waals surface area contributed by atoms with Crippen molar-refractivity contribution in [1.82, 2.24) is 10.2 Å². The number of ether oxygens (including phenoxy) is 1. The second-order valence-corrected chi connectivity index (χ2v) is 8.25. The van der Waals surface area contributed by atoms with Crippen molar-refractivity contribution < 1.29 is 14.3 Å². The minimum absolute atomic E-state index is 0.109. The number of amides is 2. The molecule has 0 saturated carbocycles. The Labute approximate surface area is 186 Å². The van der Waals surface area contributed by atoms with Crippen LogP contribution in [0.1, 0.15) is 63.1 Å². The molecule has 1 N–H and O–H groups in total. The van der Waals surface area contributed by atoms with Crippen molar-refractivity contribution in [2.45, 2.75) is 66.0 Å². The molecule has 0 aliphatic rings. The van der Waals surface area contributed by atoms with Gasteiger partial charge in [0.1, 0.15) is 11.8 Å². The molecule has 5 nitrogen and oxygen atoms in total. The van der Waals surface area contributed by atoms with Gasteiger partial charge >= 0.3 is 0 Å². The third kappa shape index (κ3) is 7.12. The van der Waals surface area contributed by atoms with E-state index in [-0.39, 0.29) is 24.3 Å². The van der Waals surface area contributed by atoms with Gasteiger partial charge in [0.15, 0.2) is 6.61 Å². The first-order chi connectivity index (χ1) is 14.8. The number of hydrogen-bond donors (Lipinski definition) is 1. The number of carbonyl (C=O) groups excluding carboxylic acids is 2. The summed E-state index contributed by atoms with van der Waals surface area (Å²) in [6.07, 6.45) is 1.92. The average Bonchev–Trinajstić information content (AvgIpc) is 2.76. The lowest BCUT2D eigenvalue weighted by Crippen LogP contribution is -2.49. The monoisotopic (exact) mass is 424 g/mol. The van der Waals surface area contributed by atoms with Gasteiger partial charge in [0, 0.05) is 13.1 Å². The van der Waals surface area contributed by atoms with E-state index in [1.807, 2.05) is 55.5 Å². The van der Waals surface area contributed by atoms with Crippen LogP contribution in [0.4, 0.5) is 0 Å². The maximum atomic E-state index is 13.2. The molecular formula is C26H36N2O3. The summed E-state index contributed by atoms with van der Waals surface area (Å²) in [6.45, 7) is 10.9. The standard InChI is InChI=1S/C26H36N2O3/c1-6-7-16-27-26(30)21(5)28(17-22-13-9-8-12-20(22)4)25(29)18-31-24-15-11-10-14-23(24)19(2)3/h8-15,19,21H,6-7,16-18H2,1-5H3,(H,27,30)/t21-/m1/s1. The lowest BCUT2D eigenvalue weighted by Gasteiger charge is -2.29. The summed E-state index contributed by atoms with van der Waals surface area (Å²) in [5, 5.41) is 2.94. The van der Waals surface area contributed by atoms with Crippen molar-refractivity contribution in [2.75, 3.05) is 13.2 Å². The normalized spacial score (nSPS) is 11.8. The van der Waals surface area contributed by atoms with Crippen LogP contribution in [0, 0.1) is 6.92 Å². The summed E-state index contributed by atoms with van der Waals surface area (Å²) in [5.41, 5.74) is 3.17. The first-order valence-electron chi connectivity index (χ1n) is 11.2. The van der Waals surface area contributed by atoms with Gasteiger partial charge in [-0.2, -0.15) is 0 Å². The minimum atomic E-state index is -0.590. The molecule has 0 aliphatic carbocycles. The van der Waals surface area contributed by atoms with Crippen LogP contribution in [0.15, 0.2) is 48.5 Å². The van der Waals surface area contributed by atoms with E-state index in [1.165, 1.54) is 0 Å². The largest absolute Gasteiger partial charge is 0.483 e. The molecule has 0 radical (unpaired) electrons. The number of unbranched alkanes of at least 4 members (excludes halogenated alkanes) is 1. The van der Waals surface area contributed by atoms with E-state index in [1.54, 1.807) is 11.8 Å². The molecule has 168 valence electrons. The molecule has 0 heterocycles. The van der Waals surface area contributed by atoms with Gasteiger partial charge in [0.2, 0.25) is 5.91 Å². The van der Waals surface area contributed by atoms with E-state index in [0.717, 1.165) is 29.5 Å². The van der Waals surface area contributed by atoms with Gasteiger partial charge in [-0.1, -0.05) is 69.7 Å². The van der Waals surface area contributed by atoms with Crippen LogP contribution in [-0.4, -0.2) is 35.9 Å². The molecule has 0 aromatic heterocycles. The molecule has 2 rings (SSSR count). The Hall–Kier alpha value is -2.82. The maximum absolute atomic E-state index is 13.2. The number of benzene rings is 2. The van der Waals surface area contributed by atoms with Gasteiger partial charge in [-0.25, -0.2) is 0 Å². The Balaban J connectivity index is 2.17. The number of rotatable bonds is 11. The Morgan fingerprint density at radius 3 is 2.39 bits per heavy atom. The van der Waals surface area contributed by atoms with E-state index in [4.69, 9.17) is 4.74 Å². The summed E-state index contributed by atoms with van der Waals surface area (Å²) in [6, 6.07) is 15.1. The van der Waals surface area contributed by atoms with Crippen LogP contribution in [0.3, 0.4) is 0 Å². The number of nitrogens with zero attached hydrogens (tertiary/aromatic N) is 1. The Morgan fingerprint density at radius 1 is 1.03 bits per heavy atom. The van der Waals surface area contributed by atoms with Crippen LogP contribution in [0.25, 0.3) is 0 Å². The lowest BCUT2D eigenvalue weighted by atomic mass is 10.0. The Kier molecular flexibility index (Phi) is 9.57. The topological polar surface area (TPSA) is 58.6 Å². The van der Waals surface area contributed by atoms with E-state index in [2.05, 4.69) is 26.1 Å². The Morgan fingerprint density at radius 2 is 1.71 bits per heavy atom. The molecule has 0 fully saturated rings. The molecule has 0 aliphatic heterocycles. The zero-order chi connectivity index (χ0) is 22.8. The smallest absolute Gasteiger partial charge is 0.261 e. The number of para-hydroxylation sites is 1. The molecule has 0 unspecified atom stereocenters. The fourth-order valence-corrected chi connectivity index (χ4v) is 3.40. The first kappa shape index (κ1) is 24.4. The van der Waals surface area contributed by atoms with Crippen molar-refractivity contribution in [3.63, 3.8) is 0 Å². The number of nitrogens with one attached hydrogen (secondary N) is 1. The molecule has 0 spiro atoms. The van der Waals surface area contributed by atoms with Gasteiger partial charge in [0.25, 0.3) is 5.91 Å². The molecule has 5 heteroatoms. The van der Waals surface area contributed by atoms with E-state index >= 15 is 0 Å². The molecule has 1 atom stereocenters.